The summed E-state index contributed by atoms with van der Waals surface area (Å²) in [5.41, 5.74) is 2.94. The molecule has 0 saturated heterocycles. The van der Waals surface area contributed by atoms with Gasteiger partial charge in [-0.05, 0) is 49.4 Å². The molecule has 0 amide bonds. The fourth-order valence-electron chi connectivity index (χ4n) is 2.45. The molecule has 0 radical (unpaired) electrons. The second-order valence-electron chi connectivity index (χ2n) is 5.89. The topological polar surface area (TPSA) is 62.3 Å². The minimum absolute atomic E-state index is 0.529. The first kappa shape index (κ1) is 17.5. The number of para-hydroxylation sites is 2. The Kier molecular flexibility index (Phi) is 5.53. The minimum Gasteiger partial charge on any atom is -0.492 e. The molecule has 134 valence electrons. The zero-order chi connectivity index (χ0) is 18.4. The highest BCUT2D eigenvalue weighted by molar-refractivity contribution is 5.65. The van der Waals surface area contributed by atoms with Crippen LogP contribution in [0.3, 0.4) is 0 Å². The molecule has 0 bridgehead atoms. The summed E-state index contributed by atoms with van der Waals surface area (Å²) in [5.74, 6) is 2.02. The second kappa shape index (κ2) is 8.20. The molecule has 2 N–H and O–H groups in total. The van der Waals surface area contributed by atoms with Gasteiger partial charge >= 0.3 is 0 Å². The van der Waals surface area contributed by atoms with E-state index in [9.17, 15) is 0 Å². The van der Waals surface area contributed by atoms with Crippen molar-refractivity contribution in [3.05, 3.63) is 60.8 Å². The third-order valence-corrected chi connectivity index (χ3v) is 3.75. The van der Waals surface area contributed by atoms with Crippen molar-refractivity contribution >= 4 is 28.8 Å². The highest BCUT2D eigenvalue weighted by Crippen LogP contribution is 2.27. The number of aromatic nitrogens is 2. The van der Waals surface area contributed by atoms with Crippen molar-refractivity contribution in [2.24, 2.45) is 0 Å². The van der Waals surface area contributed by atoms with Crippen molar-refractivity contribution in [2.45, 2.75) is 6.92 Å². The van der Waals surface area contributed by atoms with Crippen LogP contribution >= 0.6 is 0 Å². The summed E-state index contributed by atoms with van der Waals surface area (Å²) in [6.45, 7) is 2.57. The van der Waals surface area contributed by atoms with Crippen LogP contribution in [-0.2, 0) is 0 Å². The van der Waals surface area contributed by atoms with Crippen molar-refractivity contribution < 1.29 is 4.74 Å². The predicted molar refractivity (Wildman–Crippen MR) is 107 cm³/mol. The van der Waals surface area contributed by atoms with Gasteiger partial charge in [0.15, 0.2) is 0 Å². The minimum atomic E-state index is 0.529. The second-order valence-corrected chi connectivity index (χ2v) is 5.89. The lowest BCUT2D eigenvalue weighted by Gasteiger charge is -2.14. The molecule has 2 aromatic carbocycles. The van der Waals surface area contributed by atoms with Gasteiger partial charge < -0.3 is 20.3 Å². The molecule has 0 atom stereocenters. The van der Waals surface area contributed by atoms with Crippen molar-refractivity contribution in [2.75, 3.05) is 36.2 Å². The molecule has 1 aromatic heterocycles. The quantitative estimate of drug-likeness (QED) is 0.658. The largest absolute Gasteiger partial charge is 0.492 e. The lowest BCUT2D eigenvalue weighted by Crippen LogP contribution is -2.08. The van der Waals surface area contributed by atoms with E-state index in [0.29, 0.717) is 18.4 Å². The zero-order valence-electron chi connectivity index (χ0n) is 15.2. The van der Waals surface area contributed by atoms with E-state index in [-0.39, 0.29) is 0 Å². The number of nitrogens with one attached hydrogen (secondary N) is 2. The van der Waals surface area contributed by atoms with Crippen LogP contribution in [0.4, 0.5) is 28.8 Å². The Morgan fingerprint density at radius 2 is 1.73 bits per heavy atom. The van der Waals surface area contributed by atoms with Gasteiger partial charge in [-0.1, -0.05) is 12.1 Å². The molecule has 26 heavy (non-hydrogen) atoms. The number of nitrogens with zero attached hydrogens (tertiary/aromatic N) is 3. The van der Waals surface area contributed by atoms with E-state index < -0.39 is 0 Å². The van der Waals surface area contributed by atoms with Gasteiger partial charge in [-0.2, -0.15) is 4.98 Å². The molecule has 0 saturated carbocycles. The monoisotopic (exact) mass is 349 g/mol. The number of hydrogen-bond acceptors (Lipinski definition) is 6. The first-order valence-electron chi connectivity index (χ1n) is 8.52. The van der Waals surface area contributed by atoms with Crippen molar-refractivity contribution in [3.8, 4) is 5.75 Å². The summed E-state index contributed by atoms with van der Waals surface area (Å²) in [4.78, 5) is 10.9. The Balaban J connectivity index is 1.74. The molecule has 0 unspecified atom stereocenters. The molecule has 0 aliphatic heterocycles. The summed E-state index contributed by atoms with van der Waals surface area (Å²) in [7, 11) is 4.03. The molecule has 0 spiro atoms. The summed E-state index contributed by atoms with van der Waals surface area (Å²) in [6.07, 6.45) is 1.72. The highest BCUT2D eigenvalue weighted by Gasteiger charge is 2.05. The van der Waals surface area contributed by atoms with Gasteiger partial charge in [0, 0.05) is 31.7 Å². The van der Waals surface area contributed by atoms with Crippen LogP contribution in [0.2, 0.25) is 0 Å². The van der Waals surface area contributed by atoms with E-state index in [1.165, 1.54) is 0 Å². The smallest absolute Gasteiger partial charge is 0.229 e. The lowest BCUT2D eigenvalue weighted by molar-refractivity contribution is 0.342. The Bertz CT molecular complexity index is 849. The van der Waals surface area contributed by atoms with Gasteiger partial charge in [0.1, 0.15) is 11.6 Å². The van der Waals surface area contributed by atoms with E-state index in [0.717, 1.165) is 22.8 Å². The van der Waals surface area contributed by atoms with Crippen molar-refractivity contribution in [1.82, 2.24) is 9.97 Å². The van der Waals surface area contributed by atoms with Gasteiger partial charge in [0.25, 0.3) is 0 Å². The van der Waals surface area contributed by atoms with E-state index in [2.05, 4.69) is 25.5 Å². The van der Waals surface area contributed by atoms with E-state index >= 15 is 0 Å². The Morgan fingerprint density at radius 3 is 2.46 bits per heavy atom. The maximum absolute atomic E-state index is 5.64. The molecule has 0 aliphatic carbocycles. The maximum Gasteiger partial charge on any atom is 0.229 e. The Morgan fingerprint density at radius 1 is 0.962 bits per heavy atom. The fourth-order valence-corrected chi connectivity index (χ4v) is 2.45. The van der Waals surface area contributed by atoms with Crippen LogP contribution in [0.1, 0.15) is 6.92 Å². The normalized spacial score (nSPS) is 10.3. The number of anilines is 5. The van der Waals surface area contributed by atoms with E-state index in [4.69, 9.17) is 4.74 Å². The van der Waals surface area contributed by atoms with Crippen LogP contribution < -0.4 is 20.3 Å². The highest BCUT2D eigenvalue weighted by atomic mass is 16.5. The molecular formula is C20H23N5O. The summed E-state index contributed by atoms with van der Waals surface area (Å²) in [6, 6.07) is 17.7. The fraction of sp³-hybridized carbons (Fsp3) is 0.200. The molecule has 3 rings (SSSR count). The Hall–Kier alpha value is -3.28. The SMILES string of the molecule is CCOc1ccccc1Nc1ccnc(Nc2ccc(N(C)C)cc2)n1. The molecule has 3 aromatic rings. The van der Waals surface area contributed by atoms with Gasteiger partial charge in [0.05, 0.1) is 12.3 Å². The van der Waals surface area contributed by atoms with Gasteiger partial charge in [-0.3, -0.25) is 0 Å². The van der Waals surface area contributed by atoms with E-state index in [1.807, 2.05) is 75.6 Å². The molecule has 6 heteroatoms. The average Bonchev–Trinajstić information content (AvgIpc) is 2.64. The Labute approximate surface area is 153 Å². The van der Waals surface area contributed by atoms with E-state index in [1.54, 1.807) is 6.20 Å². The number of benzene rings is 2. The number of ether oxygens (including phenoxy) is 1. The summed E-state index contributed by atoms with van der Waals surface area (Å²) < 4.78 is 5.64. The lowest BCUT2D eigenvalue weighted by atomic mass is 10.2. The summed E-state index contributed by atoms with van der Waals surface area (Å²) >= 11 is 0. The predicted octanol–water partition coefficient (Wildman–Crippen LogP) is 4.43. The third-order valence-electron chi connectivity index (χ3n) is 3.75. The molecule has 0 fully saturated rings. The molecule has 6 nitrogen and oxygen atoms in total. The van der Waals surface area contributed by atoms with Gasteiger partial charge in [-0.15, -0.1) is 0 Å². The number of rotatable bonds is 7. The molecular weight excluding hydrogens is 326 g/mol. The van der Waals surface area contributed by atoms with Crippen LogP contribution in [0.25, 0.3) is 0 Å². The average molecular weight is 349 g/mol. The zero-order valence-corrected chi connectivity index (χ0v) is 15.2. The van der Waals surface area contributed by atoms with Crippen molar-refractivity contribution in [3.63, 3.8) is 0 Å². The van der Waals surface area contributed by atoms with Crippen LogP contribution in [0.15, 0.2) is 60.8 Å². The third kappa shape index (κ3) is 4.42. The van der Waals surface area contributed by atoms with Crippen LogP contribution in [0, 0.1) is 0 Å². The standard InChI is InChI=1S/C20H23N5O/c1-4-26-18-8-6-5-7-17(18)23-19-13-14-21-20(24-19)22-15-9-11-16(12-10-15)25(2)3/h5-14H,4H2,1-3H3,(H2,21,22,23,24). The first-order valence-corrected chi connectivity index (χ1v) is 8.52. The summed E-state index contributed by atoms with van der Waals surface area (Å²) in [5, 5.41) is 6.51. The van der Waals surface area contributed by atoms with Crippen LogP contribution in [0.5, 0.6) is 5.75 Å². The first-order chi connectivity index (χ1) is 12.7. The van der Waals surface area contributed by atoms with Gasteiger partial charge in [0.2, 0.25) is 5.95 Å². The number of hydrogen-bond donors (Lipinski definition) is 2. The van der Waals surface area contributed by atoms with Crippen molar-refractivity contribution in [1.29, 1.82) is 0 Å². The molecule has 1 heterocycles. The molecule has 0 aliphatic rings. The van der Waals surface area contributed by atoms with Gasteiger partial charge in [-0.25, -0.2) is 4.98 Å². The maximum atomic E-state index is 5.64. The van der Waals surface area contributed by atoms with Crippen LogP contribution in [-0.4, -0.2) is 30.7 Å².